The van der Waals surface area contributed by atoms with E-state index in [1.54, 1.807) is 11.8 Å². The van der Waals surface area contributed by atoms with E-state index in [9.17, 15) is 0 Å². The molecule has 0 saturated carbocycles. The number of nitrogens with zero attached hydrogens (tertiary/aromatic N) is 2. The summed E-state index contributed by atoms with van der Waals surface area (Å²) in [6.07, 6.45) is 0. The van der Waals surface area contributed by atoms with Gasteiger partial charge in [-0.3, -0.25) is 0 Å². The summed E-state index contributed by atoms with van der Waals surface area (Å²) in [4.78, 5) is 7.08. The molecule has 1 aliphatic heterocycles. The Morgan fingerprint density at radius 1 is 0.380 bits per heavy atom. The van der Waals surface area contributed by atoms with Crippen molar-refractivity contribution < 1.29 is 4.42 Å². The molecule has 79 heavy (non-hydrogen) atoms. The second kappa shape index (κ2) is 18.3. The number of rotatable bonds is 8. The van der Waals surface area contributed by atoms with Crippen LogP contribution >= 0.6 is 34.7 Å². The monoisotopic (exact) mass is 1060 g/mol. The fourth-order valence-corrected chi connectivity index (χ4v) is 15.5. The summed E-state index contributed by atoms with van der Waals surface area (Å²) in [6.45, 7) is 0. The van der Waals surface area contributed by atoms with Gasteiger partial charge in [-0.25, -0.2) is 0 Å². The summed E-state index contributed by atoms with van der Waals surface area (Å²) in [6, 6.07) is 99.3. The fourth-order valence-electron chi connectivity index (χ4n) is 12.9. The molecular formula is C73H45ClN2OS2. The largest absolute Gasteiger partial charge is 0.455 e. The fraction of sp³-hybridized carbons (Fsp3) is 0.0137. The Morgan fingerprint density at radius 2 is 0.987 bits per heavy atom. The van der Waals surface area contributed by atoms with Gasteiger partial charge in [-0.2, -0.15) is 0 Å². The molecule has 0 fully saturated rings. The van der Waals surface area contributed by atoms with Crippen molar-refractivity contribution in [3.8, 4) is 33.4 Å². The zero-order valence-corrected chi connectivity index (χ0v) is 44.9. The number of benzene rings is 12. The number of hydrogen-bond acceptors (Lipinski definition) is 5. The van der Waals surface area contributed by atoms with Gasteiger partial charge < -0.3 is 14.2 Å². The lowest BCUT2D eigenvalue weighted by molar-refractivity contribution is 0.670. The van der Waals surface area contributed by atoms with Gasteiger partial charge in [0, 0.05) is 80.3 Å². The maximum Gasteiger partial charge on any atom is 0.143 e. The summed E-state index contributed by atoms with van der Waals surface area (Å²) in [5.74, 6) is 0. The minimum absolute atomic E-state index is 0.683. The Bertz CT molecular complexity index is 4730. The number of furan rings is 1. The van der Waals surface area contributed by atoms with Crippen molar-refractivity contribution in [2.45, 2.75) is 15.2 Å². The lowest BCUT2D eigenvalue weighted by Crippen LogP contribution is -2.32. The van der Waals surface area contributed by atoms with Gasteiger partial charge in [-0.1, -0.05) is 205 Å². The predicted octanol–water partition coefficient (Wildman–Crippen LogP) is 21.7. The Hall–Kier alpha value is -9.10. The van der Waals surface area contributed by atoms with Crippen LogP contribution in [0.15, 0.2) is 287 Å². The molecule has 3 heterocycles. The van der Waals surface area contributed by atoms with Crippen molar-refractivity contribution in [3.05, 3.63) is 300 Å². The minimum Gasteiger partial charge on any atom is -0.455 e. The molecule has 2 aromatic heterocycles. The van der Waals surface area contributed by atoms with E-state index < -0.39 is 5.41 Å². The van der Waals surface area contributed by atoms with Crippen molar-refractivity contribution in [1.29, 1.82) is 0 Å². The van der Waals surface area contributed by atoms with E-state index >= 15 is 0 Å². The second-order valence-corrected chi connectivity index (χ2v) is 22.9. The van der Waals surface area contributed by atoms with Crippen LogP contribution in [0.4, 0.5) is 34.1 Å². The maximum absolute atomic E-state index is 7.48. The van der Waals surface area contributed by atoms with Gasteiger partial charge in [0.1, 0.15) is 11.2 Å². The third-order valence-corrected chi connectivity index (χ3v) is 18.9. The van der Waals surface area contributed by atoms with Crippen molar-refractivity contribution in [1.82, 2.24) is 0 Å². The van der Waals surface area contributed by atoms with E-state index in [1.165, 1.54) is 64.7 Å². The molecule has 1 unspecified atom stereocenters. The average molecular weight is 1070 g/mol. The van der Waals surface area contributed by atoms with Gasteiger partial charge in [-0.15, -0.1) is 11.3 Å². The highest BCUT2D eigenvalue weighted by Gasteiger charge is 2.51. The second-order valence-electron chi connectivity index (χ2n) is 20.4. The summed E-state index contributed by atoms with van der Waals surface area (Å²) in [5.41, 5.74) is 19.3. The molecule has 3 nitrogen and oxygen atoms in total. The number of halogens is 1. The van der Waals surface area contributed by atoms with Crippen LogP contribution in [0, 0.1) is 0 Å². The van der Waals surface area contributed by atoms with E-state index in [-0.39, 0.29) is 0 Å². The molecule has 2 aliphatic rings. The van der Waals surface area contributed by atoms with Crippen molar-refractivity contribution >= 4 is 111 Å². The zero-order chi connectivity index (χ0) is 52.2. The predicted molar refractivity (Wildman–Crippen MR) is 333 cm³/mol. The molecular weight excluding hydrogens is 1020 g/mol. The average Bonchev–Trinajstić information content (AvgIpc) is 4.30. The first-order chi connectivity index (χ1) is 39.1. The van der Waals surface area contributed by atoms with Gasteiger partial charge in [0.15, 0.2) is 0 Å². The van der Waals surface area contributed by atoms with E-state index in [0.717, 1.165) is 82.0 Å². The molecule has 372 valence electrons. The first-order valence-corrected chi connectivity index (χ1v) is 28.7. The van der Waals surface area contributed by atoms with Crippen LogP contribution in [-0.2, 0) is 5.41 Å². The van der Waals surface area contributed by atoms with Crippen LogP contribution < -0.4 is 9.80 Å². The summed E-state index contributed by atoms with van der Waals surface area (Å²) in [5, 5.41) is 5.44. The molecule has 1 aliphatic carbocycles. The third-order valence-electron chi connectivity index (χ3n) is 16.2. The van der Waals surface area contributed by atoms with Crippen LogP contribution in [0.2, 0.25) is 5.02 Å². The Balaban J connectivity index is 0.917. The molecule has 1 atom stereocenters. The number of hydrogen-bond donors (Lipinski definition) is 0. The van der Waals surface area contributed by atoms with E-state index in [1.807, 2.05) is 23.5 Å². The lowest BCUT2D eigenvalue weighted by atomic mass is 9.67. The third kappa shape index (κ3) is 7.07. The molecule has 0 N–H and O–H groups in total. The van der Waals surface area contributed by atoms with E-state index in [0.29, 0.717) is 0 Å². The molecule has 16 rings (SSSR count). The molecule has 0 amide bonds. The molecule has 1 spiro atoms. The van der Waals surface area contributed by atoms with Gasteiger partial charge in [-0.05, 0) is 136 Å². The molecule has 0 saturated heterocycles. The Labute approximate surface area is 470 Å². The highest BCUT2D eigenvalue weighted by atomic mass is 35.5. The van der Waals surface area contributed by atoms with Gasteiger partial charge in [0.2, 0.25) is 0 Å². The normalized spacial score (nSPS) is 14.1. The summed E-state index contributed by atoms with van der Waals surface area (Å²) >= 11 is 11.1. The van der Waals surface area contributed by atoms with Crippen LogP contribution in [0.5, 0.6) is 0 Å². The van der Waals surface area contributed by atoms with E-state index in [4.69, 9.17) is 16.0 Å². The van der Waals surface area contributed by atoms with Gasteiger partial charge in [0.25, 0.3) is 0 Å². The zero-order valence-electron chi connectivity index (χ0n) is 42.5. The number of anilines is 6. The summed E-state index contributed by atoms with van der Waals surface area (Å²) < 4.78 is 9.25. The van der Waals surface area contributed by atoms with Crippen LogP contribution in [0.3, 0.4) is 0 Å². The summed E-state index contributed by atoms with van der Waals surface area (Å²) in [7, 11) is 0. The first-order valence-electron chi connectivity index (χ1n) is 26.7. The van der Waals surface area contributed by atoms with Crippen LogP contribution in [0.25, 0.3) is 75.5 Å². The van der Waals surface area contributed by atoms with E-state index in [2.05, 4.69) is 271 Å². The Morgan fingerprint density at radius 3 is 1.77 bits per heavy atom. The molecule has 6 heteroatoms. The van der Waals surface area contributed by atoms with Crippen LogP contribution in [0.1, 0.15) is 22.3 Å². The molecule has 14 aromatic rings. The van der Waals surface area contributed by atoms with Crippen molar-refractivity contribution in [2.24, 2.45) is 0 Å². The molecule has 0 radical (unpaired) electrons. The molecule has 0 bridgehead atoms. The quantitative estimate of drug-likeness (QED) is 0.151. The number of thiophene rings is 1. The number of fused-ring (bicyclic) bond motifs is 15. The van der Waals surface area contributed by atoms with Gasteiger partial charge in [0.05, 0.1) is 16.1 Å². The standard InChI is InChI=1S/C73H45ClN2OS2/c74-63-33-19-32-62-72(63)79-68-45-51(75(48-24-9-3-10-25-48)52-43-56(46-20-5-1-6-21-46)71-58(44-52)54-29-14-17-34-65(54)77-71)37-39-61(68)73(62)59-31-16-13-28-53(59)57-42-50(36-38-60(57)73)76(49-26-11-4-12-27-49)64-40-41-67-70(55-30-15-18-35-66(55)78-67)69(64)47-22-7-2-8-23-47/h1-45H. The van der Waals surface area contributed by atoms with Crippen LogP contribution in [-0.4, -0.2) is 0 Å². The topological polar surface area (TPSA) is 19.6 Å². The maximum atomic E-state index is 7.48. The Kier molecular flexibility index (Phi) is 10.6. The highest BCUT2D eigenvalue weighted by molar-refractivity contribution is 7.99. The van der Waals surface area contributed by atoms with Gasteiger partial charge >= 0.3 is 0 Å². The highest BCUT2D eigenvalue weighted by Crippen LogP contribution is 2.64. The first kappa shape index (κ1) is 46.0. The van der Waals surface area contributed by atoms with Crippen molar-refractivity contribution in [3.63, 3.8) is 0 Å². The smallest absolute Gasteiger partial charge is 0.143 e. The van der Waals surface area contributed by atoms with Crippen molar-refractivity contribution in [2.75, 3.05) is 9.80 Å². The lowest BCUT2D eigenvalue weighted by Gasteiger charge is -2.40. The number of para-hydroxylation sites is 3. The minimum atomic E-state index is -0.683. The molecule has 12 aromatic carbocycles. The SMILES string of the molecule is Clc1cccc2c1Sc1cc(N(c3ccccc3)c3cc(-c4ccccc4)c4oc5ccccc5c4c3)ccc1C21c2ccccc2-c2cc(N(c3ccccc3)c3ccc4sc5ccccc5c4c3-c3ccccc3)ccc21.